The highest BCUT2D eigenvalue weighted by Gasteiger charge is 2.47. The molecule has 1 saturated carbocycles. The van der Waals surface area contributed by atoms with E-state index in [9.17, 15) is 9.59 Å². The van der Waals surface area contributed by atoms with Crippen LogP contribution >= 0.6 is 0 Å². The first-order valence-electron chi connectivity index (χ1n) is 6.75. The summed E-state index contributed by atoms with van der Waals surface area (Å²) >= 11 is 0. The molecule has 1 fully saturated rings. The van der Waals surface area contributed by atoms with Crippen LogP contribution in [0.2, 0.25) is 0 Å². The quantitative estimate of drug-likeness (QED) is 0.552. The van der Waals surface area contributed by atoms with Crippen LogP contribution in [0, 0.1) is 11.8 Å². The zero-order chi connectivity index (χ0) is 14.3. The minimum Gasteiger partial charge on any atom is -0.385 e. The molecule has 0 aromatic rings. The van der Waals surface area contributed by atoms with E-state index in [0.717, 1.165) is 13.0 Å². The van der Waals surface area contributed by atoms with Crippen molar-refractivity contribution in [3.63, 3.8) is 0 Å². The molecular formula is C13H25N3O3. The number of carbonyl (C=O) groups excluding carboxylic acids is 2. The number of methoxy groups -OCH3 is 1. The van der Waals surface area contributed by atoms with Crippen LogP contribution in [0.4, 0.5) is 0 Å². The first-order chi connectivity index (χ1) is 9.06. The van der Waals surface area contributed by atoms with Gasteiger partial charge in [0.05, 0.1) is 11.8 Å². The molecule has 0 aromatic carbocycles. The lowest BCUT2D eigenvalue weighted by Crippen LogP contribution is -2.34. The summed E-state index contributed by atoms with van der Waals surface area (Å²) in [5, 5.41) is 5.69. The lowest BCUT2D eigenvalue weighted by atomic mass is 10.2. The van der Waals surface area contributed by atoms with Crippen molar-refractivity contribution >= 4 is 11.8 Å². The Hall–Kier alpha value is -1.14. The summed E-state index contributed by atoms with van der Waals surface area (Å²) in [4.78, 5) is 25.5. The largest absolute Gasteiger partial charge is 0.385 e. The van der Waals surface area contributed by atoms with E-state index in [4.69, 9.17) is 4.74 Å². The van der Waals surface area contributed by atoms with Gasteiger partial charge in [0.2, 0.25) is 11.8 Å². The van der Waals surface area contributed by atoms with Crippen LogP contribution in [0.5, 0.6) is 0 Å². The maximum absolute atomic E-state index is 11.7. The van der Waals surface area contributed by atoms with Gasteiger partial charge in [-0.25, -0.2) is 0 Å². The molecule has 2 N–H and O–H groups in total. The molecule has 110 valence electrons. The predicted molar refractivity (Wildman–Crippen MR) is 72.7 cm³/mol. The summed E-state index contributed by atoms with van der Waals surface area (Å²) < 4.78 is 4.90. The van der Waals surface area contributed by atoms with E-state index in [1.807, 2.05) is 19.0 Å². The summed E-state index contributed by atoms with van der Waals surface area (Å²) in [6.45, 7) is 2.69. The van der Waals surface area contributed by atoms with Crippen molar-refractivity contribution in [2.75, 3.05) is 47.4 Å². The third-order valence-electron chi connectivity index (χ3n) is 3.15. The fourth-order valence-corrected chi connectivity index (χ4v) is 1.87. The van der Waals surface area contributed by atoms with Gasteiger partial charge in [0, 0.05) is 33.4 Å². The topological polar surface area (TPSA) is 70.7 Å². The van der Waals surface area contributed by atoms with E-state index >= 15 is 0 Å². The van der Waals surface area contributed by atoms with Crippen molar-refractivity contribution in [3.8, 4) is 0 Å². The predicted octanol–water partition coefficient (Wildman–Crippen LogP) is -0.547. The van der Waals surface area contributed by atoms with Crippen molar-refractivity contribution in [3.05, 3.63) is 0 Å². The number of hydrogen-bond acceptors (Lipinski definition) is 4. The van der Waals surface area contributed by atoms with Crippen molar-refractivity contribution in [1.82, 2.24) is 15.5 Å². The van der Waals surface area contributed by atoms with Gasteiger partial charge in [-0.3, -0.25) is 9.59 Å². The molecule has 0 radical (unpaired) electrons. The molecule has 2 atom stereocenters. The van der Waals surface area contributed by atoms with Crippen LogP contribution in [-0.2, 0) is 14.3 Å². The van der Waals surface area contributed by atoms with Crippen LogP contribution < -0.4 is 10.6 Å². The molecule has 0 aliphatic heterocycles. The first kappa shape index (κ1) is 15.9. The number of ether oxygens (including phenoxy) is 1. The molecule has 0 heterocycles. The monoisotopic (exact) mass is 271 g/mol. The molecule has 6 nitrogen and oxygen atoms in total. The van der Waals surface area contributed by atoms with Gasteiger partial charge in [-0.05, 0) is 26.9 Å². The van der Waals surface area contributed by atoms with E-state index in [1.165, 1.54) is 0 Å². The molecule has 6 heteroatoms. The van der Waals surface area contributed by atoms with Gasteiger partial charge in [0.1, 0.15) is 0 Å². The van der Waals surface area contributed by atoms with Gasteiger partial charge in [0.15, 0.2) is 0 Å². The average Bonchev–Trinajstić information content (AvgIpc) is 3.14. The molecule has 1 aliphatic carbocycles. The van der Waals surface area contributed by atoms with E-state index in [0.29, 0.717) is 26.1 Å². The van der Waals surface area contributed by atoms with Crippen LogP contribution in [0.3, 0.4) is 0 Å². The maximum atomic E-state index is 11.7. The van der Waals surface area contributed by atoms with E-state index in [2.05, 4.69) is 10.6 Å². The zero-order valence-corrected chi connectivity index (χ0v) is 12.1. The molecule has 2 amide bonds. The number of hydrogen-bond donors (Lipinski definition) is 2. The Bertz CT molecular complexity index is 308. The molecule has 19 heavy (non-hydrogen) atoms. The second-order valence-corrected chi connectivity index (χ2v) is 5.18. The second-order valence-electron chi connectivity index (χ2n) is 5.18. The third kappa shape index (κ3) is 6.02. The summed E-state index contributed by atoms with van der Waals surface area (Å²) in [6.07, 6.45) is 1.47. The number of carbonyl (C=O) groups is 2. The van der Waals surface area contributed by atoms with E-state index in [1.54, 1.807) is 7.11 Å². The van der Waals surface area contributed by atoms with E-state index in [-0.39, 0.29) is 23.7 Å². The van der Waals surface area contributed by atoms with Crippen molar-refractivity contribution in [2.45, 2.75) is 12.8 Å². The number of rotatable bonds is 9. The van der Waals surface area contributed by atoms with E-state index < -0.39 is 0 Å². The summed E-state index contributed by atoms with van der Waals surface area (Å²) in [6, 6.07) is 0. The van der Waals surface area contributed by atoms with Gasteiger partial charge in [-0.1, -0.05) is 0 Å². The molecule has 2 unspecified atom stereocenters. The van der Waals surface area contributed by atoms with Gasteiger partial charge in [-0.15, -0.1) is 0 Å². The molecular weight excluding hydrogens is 246 g/mol. The lowest BCUT2D eigenvalue weighted by molar-refractivity contribution is -0.127. The van der Waals surface area contributed by atoms with Crippen LogP contribution in [-0.4, -0.2) is 64.2 Å². The molecule has 0 saturated heterocycles. The molecule has 1 aliphatic rings. The molecule has 0 bridgehead atoms. The molecule has 1 rings (SSSR count). The summed E-state index contributed by atoms with van der Waals surface area (Å²) in [7, 11) is 5.55. The molecule has 0 spiro atoms. The first-order valence-corrected chi connectivity index (χ1v) is 6.75. The second kappa shape index (κ2) is 8.12. The smallest absolute Gasteiger partial charge is 0.223 e. The Kier molecular flexibility index (Phi) is 6.80. The van der Waals surface area contributed by atoms with Crippen LogP contribution in [0.25, 0.3) is 0 Å². The Morgan fingerprint density at radius 3 is 2.26 bits per heavy atom. The van der Waals surface area contributed by atoms with Gasteiger partial charge in [-0.2, -0.15) is 0 Å². The highest BCUT2D eigenvalue weighted by Crippen LogP contribution is 2.38. The van der Waals surface area contributed by atoms with Crippen molar-refractivity contribution in [1.29, 1.82) is 0 Å². The van der Waals surface area contributed by atoms with Crippen molar-refractivity contribution < 1.29 is 14.3 Å². The van der Waals surface area contributed by atoms with Gasteiger partial charge < -0.3 is 20.3 Å². The number of nitrogens with zero attached hydrogens (tertiary/aromatic N) is 1. The Labute approximate surface area is 114 Å². The highest BCUT2D eigenvalue weighted by atomic mass is 16.5. The molecule has 0 aromatic heterocycles. The fraction of sp³-hybridized carbons (Fsp3) is 0.846. The minimum atomic E-state index is -0.137. The van der Waals surface area contributed by atoms with Gasteiger partial charge in [0.25, 0.3) is 0 Å². The van der Waals surface area contributed by atoms with Gasteiger partial charge >= 0.3 is 0 Å². The Morgan fingerprint density at radius 2 is 1.74 bits per heavy atom. The van der Waals surface area contributed by atoms with Crippen LogP contribution in [0.1, 0.15) is 12.8 Å². The Morgan fingerprint density at radius 1 is 1.16 bits per heavy atom. The standard InChI is InChI=1S/C13H25N3O3/c1-16(2)7-6-15-13(18)11-9-10(11)12(17)14-5-4-8-19-3/h10-11H,4-9H2,1-3H3,(H,14,17)(H,15,18). The number of likely N-dealkylation sites (N-methyl/N-ethyl adjacent to an activating group) is 1. The maximum Gasteiger partial charge on any atom is 0.223 e. The summed E-state index contributed by atoms with van der Waals surface area (Å²) in [5.74, 6) is -0.283. The van der Waals surface area contributed by atoms with Crippen molar-refractivity contribution in [2.24, 2.45) is 11.8 Å². The van der Waals surface area contributed by atoms with Crippen LogP contribution in [0.15, 0.2) is 0 Å². The normalized spacial score (nSPS) is 21.3. The Balaban J connectivity index is 2.11. The fourth-order valence-electron chi connectivity index (χ4n) is 1.87. The average molecular weight is 271 g/mol. The number of nitrogens with one attached hydrogen (secondary N) is 2. The SMILES string of the molecule is COCCCNC(=O)C1CC1C(=O)NCCN(C)C. The minimum absolute atomic E-state index is 0.00103. The zero-order valence-electron chi connectivity index (χ0n) is 12.1. The lowest BCUT2D eigenvalue weighted by Gasteiger charge is -2.10. The number of amides is 2. The third-order valence-corrected chi connectivity index (χ3v) is 3.15. The summed E-state index contributed by atoms with van der Waals surface area (Å²) in [5.41, 5.74) is 0. The highest BCUT2D eigenvalue weighted by molar-refractivity contribution is 5.92.